The van der Waals surface area contributed by atoms with E-state index in [1.807, 2.05) is 0 Å². The highest BCUT2D eigenvalue weighted by molar-refractivity contribution is 5.71. The number of alkyl halides is 3. The molecular weight excluding hydrogens is 486 g/mol. The van der Waals surface area contributed by atoms with Gasteiger partial charge in [-0.3, -0.25) is 24.3 Å². The van der Waals surface area contributed by atoms with Crippen molar-refractivity contribution in [2.75, 3.05) is 0 Å². The van der Waals surface area contributed by atoms with Crippen LogP contribution in [0.1, 0.15) is 66.1 Å². The quantitative estimate of drug-likeness (QED) is 0.308. The number of pyridine rings is 3. The molecule has 194 valence electrons. The second-order valence-electron chi connectivity index (χ2n) is 9.22. The minimum atomic E-state index is -4.55. The van der Waals surface area contributed by atoms with Crippen molar-refractivity contribution in [2.24, 2.45) is 0 Å². The predicted molar refractivity (Wildman–Crippen MR) is 132 cm³/mol. The molecule has 1 aliphatic rings. The van der Waals surface area contributed by atoms with Gasteiger partial charge in [-0.05, 0) is 62.4 Å². The van der Waals surface area contributed by atoms with Gasteiger partial charge in [-0.15, -0.1) is 0 Å². The maximum atomic E-state index is 13.4. The third kappa shape index (κ3) is 6.36. The fraction of sp³-hybridized carbons (Fsp3) is 0.370. The van der Waals surface area contributed by atoms with Gasteiger partial charge >= 0.3 is 6.18 Å². The highest BCUT2D eigenvalue weighted by atomic mass is 19.4. The summed E-state index contributed by atoms with van der Waals surface area (Å²) in [6.45, 7) is 3.23. The van der Waals surface area contributed by atoms with E-state index in [0.29, 0.717) is 16.8 Å². The lowest BCUT2D eigenvalue weighted by Crippen LogP contribution is -2.29. The molecule has 1 saturated carbocycles. The number of fused-ring (bicyclic) bond motifs is 1. The molecule has 0 aromatic carbocycles. The molecule has 4 aromatic heterocycles. The van der Waals surface area contributed by atoms with E-state index in [0.717, 1.165) is 43.7 Å². The minimum Gasteiger partial charge on any atom is -0.285 e. The van der Waals surface area contributed by atoms with Gasteiger partial charge in [-0.2, -0.15) is 13.2 Å². The Morgan fingerprint density at radius 3 is 2.43 bits per heavy atom. The van der Waals surface area contributed by atoms with Crippen molar-refractivity contribution in [1.82, 2.24) is 24.5 Å². The average molecular weight is 514 g/mol. The van der Waals surface area contributed by atoms with E-state index in [1.165, 1.54) is 29.1 Å². The second kappa shape index (κ2) is 11.1. The fourth-order valence-corrected chi connectivity index (χ4v) is 4.58. The van der Waals surface area contributed by atoms with Gasteiger partial charge in [-0.25, -0.2) is 9.37 Å². The molecule has 0 saturated heterocycles. The van der Waals surface area contributed by atoms with Crippen molar-refractivity contribution in [3.8, 4) is 0 Å². The maximum absolute atomic E-state index is 13.4. The van der Waals surface area contributed by atoms with Gasteiger partial charge < -0.3 is 0 Å². The summed E-state index contributed by atoms with van der Waals surface area (Å²) in [5, 5.41) is 0. The van der Waals surface area contributed by atoms with Crippen LogP contribution in [0.5, 0.6) is 0 Å². The summed E-state index contributed by atoms with van der Waals surface area (Å²) in [4.78, 5) is 29.7. The normalized spacial score (nSPS) is 14.3. The van der Waals surface area contributed by atoms with Crippen LogP contribution in [0.3, 0.4) is 0 Å². The van der Waals surface area contributed by atoms with Crippen LogP contribution in [-0.4, -0.2) is 24.5 Å². The van der Waals surface area contributed by atoms with E-state index in [2.05, 4.69) is 19.9 Å². The van der Waals surface area contributed by atoms with E-state index in [1.54, 1.807) is 32.3 Å². The Balaban J connectivity index is 0.000000342. The lowest BCUT2D eigenvalue weighted by atomic mass is 9.84. The zero-order valence-corrected chi connectivity index (χ0v) is 20.6. The van der Waals surface area contributed by atoms with Crippen molar-refractivity contribution >= 4 is 11.2 Å². The highest BCUT2D eigenvalue weighted by Gasteiger charge is 2.34. The van der Waals surface area contributed by atoms with Gasteiger partial charge in [0.25, 0.3) is 5.56 Å². The molecule has 0 atom stereocenters. The largest absolute Gasteiger partial charge is 0.418 e. The van der Waals surface area contributed by atoms with Gasteiger partial charge in [0.05, 0.1) is 29.7 Å². The topological polar surface area (TPSA) is 73.6 Å². The average Bonchev–Trinajstić information content (AvgIpc) is 2.86. The molecule has 0 bridgehead atoms. The van der Waals surface area contributed by atoms with E-state index < -0.39 is 11.7 Å². The van der Waals surface area contributed by atoms with Gasteiger partial charge in [0.1, 0.15) is 11.3 Å². The standard InChI is InChI=1S/C21H21F3N4O.C6H6FN/c1-13-11-26-17-10-15(14-6-3-2-4-7-14)20(29)28(19(17)27-13)12-18-16(21(22,23)24)8-5-9-25-18;1-5-2-6(7)4-8-3-5/h5,8-11,14H,2-4,6-7,12H2,1H3;2-4H,1H3. The maximum Gasteiger partial charge on any atom is 0.418 e. The van der Waals surface area contributed by atoms with Crippen molar-refractivity contribution in [3.05, 3.63) is 93.3 Å². The minimum absolute atomic E-state index is 0.0980. The first-order valence-electron chi connectivity index (χ1n) is 12.1. The molecule has 0 spiro atoms. The molecule has 37 heavy (non-hydrogen) atoms. The molecule has 1 fully saturated rings. The van der Waals surface area contributed by atoms with Crippen molar-refractivity contribution < 1.29 is 17.6 Å². The van der Waals surface area contributed by atoms with Crippen LogP contribution in [0, 0.1) is 19.7 Å². The van der Waals surface area contributed by atoms with E-state index in [9.17, 15) is 22.4 Å². The summed E-state index contributed by atoms with van der Waals surface area (Å²) in [6, 6.07) is 5.43. The lowest BCUT2D eigenvalue weighted by molar-refractivity contribution is -0.138. The first-order chi connectivity index (χ1) is 17.6. The number of hydrogen-bond donors (Lipinski definition) is 0. The Morgan fingerprint density at radius 1 is 1.03 bits per heavy atom. The van der Waals surface area contributed by atoms with Gasteiger partial charge in [0, 0.05) is 24.2 Å². The Labute approximate surface area is 211 Å². The molecule has 0 unspecified atom stereocenters. The lowest BCUT2D eigenvalue weighted by Gasteiger charge is -2.23. The Hall–Kier alpha value is -3.69. The van der Waals surface area contributed by atoms with Crippen molar-refractivity contribution in [3.63, 3.8) is 0 Å². The molecule has 0 amide bonds. The summed E-state index contributed by atoms with van der Waals surface area (Å²) < 4.78 is 53.7. The van der Waals surface area contributed by atoms with Crippen molar-refractivity contribution in [1.29, 1.82) is 0 Å². The molecule has 0 N–H and O–H groups in total. The molecule has 4 aromatic rings. The van der Waals surface area contributed by atoms with Crippen LogP contribution in [-0.2, 0) is 12.7 Å². The number of hydrogen-bond acceptors (Lipinski definition) is 5. The summed E-state index contributed by atoms with van der Waals surface area (Å²) in [5.41, 5.74) is 1.51. The Morgan fingerprint density at radius 2 is 1.78 bits per heavy atom. The molecular formula is C27H27F4N5O. The zero-order chi connectivity index (χ0) is 26.6. The molecule has 6 nitrogen and oxygen atoms in total. The SMILES string of the molecule is Cc1cnc2cc(C3CCCCC3)c(=O)n(Cc3ncccc3C(F)(F)F)c2n1.Cc1cncc(F)c1. The van der Waals surface area contributed by atoms with Crippen LogP contribution < -0.4 is 5.56 Å². The summed E-state index contributed by atoms with van der Waals surface area (Å²) in [7, 11) is 0. The predicted octanol–water partition coefficient (Wildman–Crippen LogP) is 6.14. The third-order valence-corrected chi connectivity index (χ3v) is 6.33. The van der Waals surface area contributed by atoms with Crippen LogP contribution in [0.4, 0.5) is 17.6 Å². The summed E-state index contributed by atoms with van der Waals surface area (Å²) >= 11 is 0. The van der Waals surface area contributed by atoms with E-state index >= 15 is 0 Å². The Kier molecular flexibility index (Phi) is 7.94. The van der Waals surface area contributed by atoms with Crippen LogP contribution >= 0.6 is 0 Å². The van der Waals surface area contributed by atoms with Gasteiger partial charge in [-0.1, -0.05) is 19.3 Å². The number of aromatic nitrogens is 5. The third-order valence-electron chi connectivity index (χ3n) is 6.33. The smallest absolute Gasteiger partial charge is 0.285 e. The summed E-state index contributed by atoms with van der Waals surface area (Å²) in [5.74, 6) is -0.175. The van der Waals surface area contributed by atoms with Gasteiger partial charge in [0.15, 0.2) is 5.65 Å². The monoisotopic (exact) mass is 513 g/mol. The van der Waals surface area contributed by atoms with E-state index in [4.69, 9.17) is 0 Å². The van der Waals surface area contributed by atoms with Crippen LogP contribution in [0.25, 0.3) is 11.2 Å². The zero-order valence-electron chi connectivity index (χ0n) is 20.6. The second-order valence-corrected chi connectivity index (χ2v) is 9.22. The number of aryl methyl sites for hydroxylation is 2. The molecule has 0 radical (unpaired) electrons. The van der Waals surface area contributed by atoms with Crippen molar-refractivity contribution in [2.45, 2.75) is 64.6 Å². The molecule has 0 aliphatic heterocycles. The van der Waals surface area contributed by atoms with Crippen LogP contribution in [0.15, 0.2) is 53.8 Å². The molecule has 4 heterocycles. The fourth-order valence-electron chi connectivity index (χ4n) is 4.58. The summed E-state index contributed by atoms with van der Waals surface area (Å²) in [6.07, 6.45) is 6.18. The molecule has 10 heteroatoms. The number of halogens is 4. The van der Waals surface area contributed by atoms with Gasteiger partial charge in [0.2, 0.25) is 0 Å². The number of nitrogens with zero attached hydrogens (tertiary/aromatic N) is 5. The Bertz CT molecular complexity index is 1430. The highest BCUT2D eigenvalue weighted by Crippen LogP contribution is 2.33. The van der Waals surface area contributed by atoms with E-state index in [-0.39, 0.29) is 35.2 Å². The first-order valence-corrected chi connectivity index (χ1v) is 12.1. The van der Waals surface area contributed by atoms with Crippen LogP contribution in [0.2, 0.25) is 0 Å². The first kappa shape index (κ1) is 26.4. The molecule has 1 aliphatic carbocycles. The number of rotatable bonds is 3. The molecule has 5 rings (SSSR count).